The Morgan fingerprint density at radius 3 is 2.28 bits per heavy atom. The molecule has 4 nitrogen and oxygen atoms in total. The monoisotopic (exact) mass is 257 g/mol. The van der Waals surface area contributed by atoms with E-state index >= 15 is 0 Å². The van der Waals surface area contributed by atoms with Gasteiger partial charge in [0, 0.05) is 26.1 Å². The Morgan fingerprint density at radius 1 is 1.28 bits per heavy atom. The SMILES string of the molecule is COCC1(CN(C)C(=O)OC(C)(C)C)CCCC1. The highest BCUT2D eigenvalue weighted by atomic mass is 16.6. The van der Waals surface area contributed by atoms with Crippen molar-refractivity contribution in [1.82, 2.24) is 4.90 Å². The smallest absolute Gasteiger partial charge is 0.410 e. The van der Waals surface area contributed by atoms with Gasteiger partial charge < -0.3 is 14.4 Å². The average Bonchev–Trinajstić information content (AvgIpc) is 2.64. The van der Waals surface area contributed by atoms with E-state index in [0.717, 1.165) is 26.0 Å². The van der Waals surface area contributed by atoms with Gasteiger partial charge in [-0.3, -0.25) is 0 Å². The summed E-state index contributed by atoms with van der Waals surface area (Å²) >= 11 is 0. The Hall–Kier alpha value is -0.770. The molecule has 1 rings (SSSR count). The van der Waals surface area contributed by atoms with Crippen molar-refractivity contribution in [2.45, 2.75) is 52.1 Å². The van der Waals surface area contributed by atoms with Crippen LogP contribution in [0.4, 0.5) is 4.79 Å². The maximum atomic E-state index is 12.0. The number of nitrogens with zero attached hydrogens (tertiary/aromatic N) is 1. The maximum absolute atomic E-state index is 12.0. The van der Waals surface area contributed by atoms with Gasteiger partial charge in [-0.25, -0.2) is 4.79 Å². The molecule has 0 N–H and O–H groups in total. The lowest BCUT2D eigenvalue weighted by Crippen LogP contribution is -2.42. The van der Waals surface area contributed by atoms with Crippen molar-refractivity contribution in [3.63, 3.8) is 0 Å². The fourth-order valence-corrected chi connectivity index (χ4v) is 2.69. The van der Waals surface area contributed by atoms with Crippen molar-refractivity contribution in [3.8, 4) is 0 Å². The van der Waals surface area contributed by atoms with Crippen LogP contribution in [0.3, 0.4) is 0 Å². The van der Waals surface area contributed by atoms with Gasteiger partial charge in [0.05, 0.1) is 6.61 Å². The van der Waals surface area contributed by atoms with E-state index in [1.807, 2.05) is 27.8 Å². The Balaban J connectivity index is 2.56. The standard InChI is InChI=1S/C14H27NO3/c1-13(2,3)18-12(16)15(4)10-14(11-17-5)8-6-7-9-14/h6-11H2,1-5H3. The summed E-state index contributed by atoms with van der Waals surface area (Å²) in [6.07, 6.45) is 4.48. The normalized spacial score (nSPS) is 18.7. The zero-order chi connectivity index (χ0) is 13.8. The van der Waals surface area contributed by atoms with Crippen molar-refractivity contribution >= 4 is 6.09 Å². The van der Waals surface area contributed by atoms with E-state index in [1.54, 1.807) is 12.0 Å². The highest BCUT2D eigenvalue weighted by molar-refractivity contribution is 5.67. The number of methoxy groups -OCH3 is 1. The van der Waals surface area contributed by atoms with Crippen LogP contribution >= 0.6 is 0 Å². The third-order valence-electron chi connectivity index (χ3n) is 3.39. The Labute approximate surface area is 111 Å². The Kier molecular flexibility index (Phi) is 5.02. The number of carbonyl (C=O) groups excluding carboxylic acids is 1. The lowest BCUT2D eigenvalue weighted by Gasteiger charge is -2.33. The lowest BCUT2D eigenvalue weighted by molar-refractivity contribution is 0.0104. The highest BCUT2D eigenvalue weighted by Gasteiger charge is 2.36. The first-order chi connectivity index (χ1) is 8.28. The molecule has 0 unspecified atom stereocenters. The van der Waals surface area contributed by atoms with Gasteiger partial charge in [-0.15, -0.1) is 0 Å². The Bertz CT molecular complexity index is 277. The number of carbonyl (C=O) groups is 1. The maximum Gasteiger partial charge on any atom is 0.410 e. The van der Waals surface area contributed by atoms with Crippen LogP contribution in [-0.2, 0) is 9.47 Å². The fraction of sp³-hybridized carbons (Fsp3) is 0.929. The number of hydrogen-bond donors (Lipinski definition) is 0. The lowest BCUT2D eigenvalue weighted by atomic mass is 9.87. The summed E-state index contributed by atoms with van der Waals surface area (Å²) in [6, 6.07) is 0. The summed E-state index contributed by atoms with van der Waals surface area (Å²) in [5.74, 6) is 0. The largest absolute Gasteiger partial charge is 0.444 e. The summed E-state index contributed by atoms with van der Waals surface area (Å²) in [5, 5.41) is 0. The molecule has 0 bridgehead atoms. The van der Waals surface area contributed by atoms with E-state index in [0.29, 0.717) is 0 Å². The molecule has 106 valence electrons. The molecule has 0 aliphatic heterocycles. The van der Waals surface area contributed by atoms with Gasteiger partial charge >= 0.3 is 6.09 Å². The van der Waals surface area contributed by atoms with Crippen LogP contribution in [0, 0.1) is 5.41 Å². The van der Waals surface area contributed by atoms with Gasteiger partial charge in [-0.1, -0.05) is 12.8 Å². The zero-order valence-electron chi connectivity index (χ0n) is 12.4. The van der Waals surface area contributed by atoms with E-state index in [-0.39, 0.29) is 11.5 Å². The second-order valence-corrected chi connectivity index (χ2v) is 6.48. The molecule has 1 saturated carbocycles. The van der Waals surface area contributed by atoms with Gasteiger partial charge in [0.1, 0.15) is 5.60 Å². The van der Waals surface area contributed by atoms with Gasteiger partial charge in [-0.2, -0.15) is 0 Å². The second kappa shape index (κ2) is 5.91. The summed E-state index contributed by atoms with van der Waals surface area (Å²) in [4.78, 5) is 13.6. The molecule has 1 amide bonds. The van der Waals surface area contributed by atoms with Gasteiger partial charge in [-0.05, 0) is 33.6 Å². The quantitative estimate of drug-likeness (QED) is 0.777. The van der Waals surface area contributed by atoms with Crippen LogP contribution in [0.2, 0.25) is 0 Å². The van der Waals surface area contributed by atoms with Crippen molar-refractivity contribution < 1.29 is 14.3 Å². The van der Waals surface area contributed by atoms with Crippen molar-refractivity contribution in [1.29, 1.82) is 0 Å². The number of amides is 1. The van der Waals surface area contributed by atoms with Crippen LogP contribution < -0.4 is 0 Å². The molecular weight excluding hydrogens is 230 g/mol. The number of ether oxygens (including phenoxy) is 2. The molecule has 4 heteroatoms. The van der Waals surface area contributed by atoms with Crippen molar-refractivity contribution in [3.05, 3.63) is 0 Å². The van der Waals surface area contributed by atoms with Crippen molar-refractivity contribution in [2.24, 2.45) is 5.41 Å². The predicted octanol–water partition coefficient (Wildman–Crippen LogP) is 3.06. The van der Waals surface area contributed by atoms with Crippen LogP contribution in [0.25, 0.3) is 0 Å². The van der Waals surface area contributed by atoms with Crippen LogP contribution in [0.15, 0.2) is 0 Å². The first kappa shape index (κ1) is 15.3. The molecule has 0 aromatic carbocycles. The first-order valence-corrected chi connectivity index (χ1v) is 6.71. The molecule has 0 heterocycles. The predicted molar refractivity (Wildman–Crippen MR) is 71.6 cm³/mol. The highest BCUT2D eigenvalue weighted by Crippen LogP contribution is 2.39. The van der Waals surface area contributed by atoms with Crippen LogP contribution in [-0.4, -0.2) is 43.9 Å². The molecule has 0 saturated heterocycles. The minimum atomic E-state index is -0.435. The molecule has 0 spiro atoms. The average molecular weight is 257 g/mol. The summed E-state index contributed by atoms with van der Waals surface area (Å²) in [6.45, 7) is 7.10. The van der Waals surface area contributed by atoms with Gasteiger partial charge in [0.25, 0.3) is 0 Å². The third-order valence-corrected chi connectivity index (χ3v) is 3.39. The molecule has 1 aliphatic carbocycles. The molecule has 1 aliphatic rings. The topological polar surface area (TPSA) is 38.8 Å². The van der Waals surface area contributed by atoms with Gasteiger partial charge in [0.2, 0.25) is 0 Å². The van der Waals surface area contributed by atoms with E-state index in [2.05, 4.69) is 0 Å². The molecular formula is C14H27NO3. The van der Waals surface area contributed by atoms with E-state index < -0.39 is 5.60 Å². The van der Waals surface area contributed by atoms with Gasteiger partial charge in [0.15, 0.2) is 0 Å². The second-order valence-electron chi connectivity index (χ2n) is 6.48. The zero-order valence-corrected chi connectivity index (χ0v) is 12.4. The third kappa shape index (κ3) is 4.48. The minimum Gasteiger partial charge on any atom is -0.444 e. The molecule has 0 radical (unpaired) electrons. The molecule has 18 heavy (non-hydrogen) atoms. The minimum absolute atomic E-state index is 0.125. The summed E-state index contributed by atoms with van der Waals surface area (Å²) < 4.78 is 10.7. The van der Waals surface area contributed by atoms with Crippen LogP contribution in [0.5, 0.6) is 0 Å². The summed E-state index contributed by atoms with van der Waals surface area (Å²) in [5.41, 5.74) is -0.310. The molecule has 0 aromatic heterocycles. The molecule has 0 aromatic rings. The summed E-state index contributed by atoms with van der Waals surface area (Å²) in [7, 11) is 3.54. The molecule has 1 fully saturated rings. The van der Waals surface area contributed by atoms with E-state index in [4.69, 9.17) is 9.47 Å². The first-order valence-electron chi connectivity index (χ1n) is 6.71. The Morgan fingerprint density at radius 2 is 1.83 bits per heavy atom. The molecule has 0 atom stereocenters. The number of rotatable bonds is 4. The fourth-order valence-electron chi connectivity index (χ4n) is 2.69. The van der Waals surface area contributed by atoms with Crippen molar-refractivity contribution in [2.75, 3.05) is 27.3 Å². The van der Waals surface area contributed by atoms with E-state index in [1.165, 1.54) is 12.8 Å². The van der Waals surface area contributed by atoms with E-state index in [9.17, 15) is 4.79 Å². The number of hydrogen-bond acceptors (Lipinski definition) is 3. The van der Waals surface area contributed by atoms with Crippen LogP contribution in [0.1, 0.15) is 46.5 Å².